The van der Waals surface area contributed by atoms with E-state index in [2.05, 4.69) is 30.9 Å². The molecule has 1 saturated heterocycles. The zero-order valence-electron chi connectivity index (χ0n) is 22.6. The first-order chi connectivity index (χ1) is 17.9. The Labute approximate surface area is 221 Å². The minimum Gasteiger partial charge on any atom is -0.493 e. The third-order valence-electron chi connectivity index (χ3n) is 7.97. The maximum Gasteiger partial charge on any atom is 0.308 e. The van der Waals surface area contributed by atoms with E-state index in [9.17, 15) is 14.7 Å². The number of fused-ring (bicyclic) bond motifs is 1. The number of ether oxygens (including phenoxy) is 1. The van der Waals surface area contributed by atoms with Gasteiger partial charge in [-0.3, -0.25) is 14.5 Å². The number of anilines is 1. The van der Waals surface area contributed by atoms with Crippen LogP contribution in [0.4, 0.5) is 5.69 Å². The Bertz CT molecular complexity index is 1080. The van der Waals surface area contributed by atoms with Gasteiger partial charge in [0.1, 0.15) is 5.75 Å². The largest absolute Gasteiger partial charge is 0.493 e. The van der Waals surface area contributed by atoms with Gasteiger partial charge >= 0.3 is 5.97 Å². The summed E-state index contributed by atoms with van der Waals surface area (Å²) < 4.78 is 5.68. The summed E-state index contributed by atoms with van der Waals surface area (Å²) in [5.41, 5.74) is 4.25. The smallest absolute Gasteiger partial charge is 0.308 e. The van der Waals surface area contributed by atoms with E-state index >= 15 is 0 Å². The number of aryl methyl sites for hydroxylation is 1. The molecular formula is C31H42N2O4. The molecule has 4 rings (SSSR count). The Balaban J connectivity index is 1.61. The first-order valence-electron chi connectivity index (χ1n) is 14.0. The lowest BCUT2D eigenvalue weighted by atomic mass is 9.83. The number of hydrogen-bond acceptors (Lipinski definition) is 4. The molecule has 3 atom stereocenters. The van der Waals surface area contributed by atoms with Crippen molar-refractivity contribution < 1.29 is 19.4 Å². The second-order valence-corrected chi connectivity index (χ2v) is 10.7. The second-order valence-electron chi connectivity index (χ2n) is 10.7. The first-order valence-corrected chi connectivity index (χ1v) is 14.0. The summed E-state index contributed by atoms with van der Waals surface area (Å²) in [6, 6.07) is 14.1. The molecule has 2 aliphatic rings. The van der Waals surface area contributed by atoms with Crippen molar-refractivity contribution in [3.63, 3.8) is 0 Å². The average molecular weight is 507 g/mol. The van der Waals surface area contributed by atoms with Crippen molar-refractivity contribution >= 4 is 17.6 Å². The minimum atomic E-state index is -0.764. The van der Waals surface area contributed by atoms with Crippen LogP contribution in [0.3, 0.4) is 0 Å². The summed E-state index contributed by atoms with van der Waals surface area (Å²) >= 11 is 0. The van der Waals surface area contributed by atoms with Gasteiger partial charge in [-0.2, -0.15) is 0 Å². The molecule has 0 unspecified atom stereocenters. The van der Waals surface area contributed by atoms with Crippen molar-refractivity contribution in [3.05, 3.63) is 59.2 Å². The first kappa shape index (κ1) is 27.2. The number of carboxylic acid groups (broad SMARTS) is 1. The number of aliphatic carboxylic acids is 1. The fraction of sp³-hybridized carbons (Fsp3) is 0.548. The molecule has 0 saturated carbocycles. The van der Waals surface area contributed by atoms with Gasteiger partial charge in [0.2, 0.25) is 5.91 Å². The molecule has 0 aliphatic carbocycles. The Morgan fingerprint density at radius 1 is 1.08 bits per heavy atom. The van der Waals surface area contributed by atoms with Crippen molar-refractivity contribution in [1.29, 1.82) is 0 Å². The van der Waals surface area contributed by atoms with E-state index in [0.717, 1.165) is 73.1 Å². The van der Waals surface area contributed by atoms with Crippen LogP contribution >= 0.6 is 0 Å². The number of carboxylic acids is 1. The molecule has 0 bridgehead atoms. The number of amides is 1. The van der Waals surface area contributed by atoms with Gasteiger partial charge in [-0.05, 0) is 54.7 Å². The zero-order valence-corrected chi connectivity index (χ0v) is 22.6. The van der Waals surface area contributed by atoms with Crippen molar-refractivity contribution in [2.45, 2.75) is 77.7 Å². The topological polar surface area (TPSA) is 70.1 Å². The molecule has 1 N–H and O–H groups in total. The van der Waals surface area contributed by atoms with Gasteiger partial charge < -0.3 is 14.7 Å². The normalized spacial score (nSPS) is 21.0. The Hall–Kier alpha value is -2.86. The molecule has 0 spiro atoms. The van der Waals surface area contributed by atoms with Crippen LogP contribution in [0.2, 0.25) is 0 Å². The lowest BCUT2D eigenvalue weighted by molar-refractivity contribution is -0.143. The number of carbonyl (C=O) groups is 2. The predicted molar refractivity (Wildman–Crippen MR) is 147 cm³/mol. The highest BCUT2D eigenvalue weighted by molar-refractivity contribution is 5.95. The summed E-state index contributed by atoms with van der Waals surface area (Å²) in [6.45, 7) is 8.50. The number of hydrogen-bond donors (Lipinski definition) is 1. The standard InChI is InChI=1S/C31H42N2O4/c1-4-6-8-12-27-30(31(35)36)26(23-13-14-28-24(19-23)15-17-37-28)20-32(27)21-29(34)33(16-7-5-2)25-11-9-10-22(3)18-25/h9-11,13-14,18-19,26-27,30H,4-8,12,15-17,20-21H2,1-3H3,(H,35,36)/t26-,27+,30-/m1/s1. The van der Waals surface area contributed by atoms with Crippen LogP contribution in [0.1, 0.15) is 75.0 Å². The lowest BCUT2D eigenvalue weighted by Gasteiger charge is -2.30. The maximum absolute atomic E-state index is 13.8. The van der Waals surface area contributed by atoms with Crippen LogP contribution in [0.5, 0.6) is 5.75 Å². The second kappa shape index (κ2) is 12.6. The maximum atomic E-state index is 13.8. The van der Waals surface area contributed by atoms with Crippen molar-refractivity contribution in [2.24, 2.45) is 5.92 Å². The molecule has 6 heteroatoms. The fourth-order valence-electron chi connectivity index (χ4n) is 6.00. The molecule has 1 amide bonds. The quantitative estimate of drug-likeness (QED) is 0.368. The van der Waals surface area contributed by atoms with Crippen LogP contribution < -0.4 is 9.64 Å². The summed E-state index contributed by atoms with van der Waals surface area (Å²) in [6.07, 6.45) is 6.70. The number of carbonyl (C=O) groups excluding carboxylic acids is 1. The molecule has 2 aromatic carbocycles. The fourth-order valence-corrected chi connectivity index (χ4v) is 6.00. The SMILES string of the molecule is CCCCC[C@H]1[C@H](C(=O)O)[C@@H](c2ccc3c(c2)CCO3)CN1CC(=O)N(CCCC)c1cccc(C)c1. The van der Waals surface area contributed by atoms with Gasteiger partial charge in [0.15, 0.2) is 0 Å². The molecule has 6 nitrogen and oxygen atoms in total. The molecule has 0 radical (unpaired) electrons. The van der Waals surface area contributed by atoms with Crippen molar-refractivity contribution in [2.75, 3.05) is 31.1 Å². The van der Waals surface area contributed by atoms with Gasteiger partial charge in [0.25, 0.3) is 0 Å². The zero-order chi connectivity index (χ0) is 26.4. The number of likely N-dealkylation sites (tertiary alicyclic amines) is 1. The number of rotatable bonds is 12. The van der Waals surface area contributed by atoms with Gasteiger partial charge in [0, 0.05) is 37.2 Å². The number of nitrogens with zero attached hydrogens (tertiary/aromatic N) is 2. The van der Waals surface area contributed by atoms with E-state index in [4.69, 9.17) is 4.74 Å². The van der Waals surface area contributed by atoms with Gasteiger partial charge in [-0.1, -0.05) is 63.8 Å². The van der Waals surface area contributed by atoms with E-state index in [1.165, 1.54) is 0 Å². The van der Waals surface area contributed by atoms with Crippen LogP contribution in [0.25, 0.3) is 0 Å². The highest BCUT2D eigenvalue weighted by Gasteiger charge is 2.47. The van der Waals surface area contributed by atoms with Crippen LogP contribution in [-0.4, -0.2) is 54.2 Å². The highest BCUT2D eigenvalue weighted by atomic mass is 16.5. The Morgan fingerprint density at radius 3 is 2.62 bits per heavy atom. The minimum absolute atomic E-state index is 0.0479. The van der Waals surface area contributed by atoms with Crippen molar-refractivity contribution in [3.8, 4) is 5.75 Å². The predicted octanol–water partition coefficient (Wildman–Crippen LogP) is 5.81. The summed E-state index contributed by atoms with van der Waals surface area (Å²) in [5, 5.41) is 10.4. The average Bonchev–Trinajstić information content (AvgIpc) is 3.49. The van der Waals surface area contributed by atoms with Crippen molar-refractivity contribution in [1.82, 2.24) is 4.90 Å². The Morgan fingerprint density at radius 2 is 1.89 bits per heavy atom. The number of benzene rings is 2. The molecule has 200 valence electrons. The molecule has 37 heavy (non-hydrogen) atoms. The monoisotopic (exact) mass is 506 g/mol. The van der Waals surface area contributed by atoms with E-state index in [1.807, 2.05) is 42.2 Å². The van der Waals surface area contributed by atoms with Crippen LogP contribution in [0, 0.1) is 12.8 Å². The lowest BCUT2D eigenvalue weighted by Crippen LogP contribution is -2.44. The third kappa shape index (κ3) is 6.35. The van der Waals surface area contributed by atoms with Gasteiger partial charge in [-0.15, -0.1) is 0 Å². The number of unbranched alkanes of at least 4 members (excludes halogenated alkanes) is 3. The summed E-state index contributed by atoms with van der Waals surface area (Å²) in [7, 11) is 0. The molecule has 0 aromatic heterocycles. The molecule has 1 fully saturated rings. The van der Waals surface area contributed by atoms with Crippen LogP contribution in [-0.2, 0) is 16.0 Å². The van der Waals surface area contributed by atoms with E-state index < -0.39 is 11.9 Å². The van der Waals surface area contributed by atoms with Gasteiger partial charge in [0.05, 0.1) is 19.1 Å². The summed E-state index contributed by atoms with van der Waals surface area (Å²) in [5.74, 6) is -0.491. The highest BCUT2D eigenvalue weighted by Crippen LogP contribution is 2.41. The van der Waals surface area contributed by atoms with Gasteiger partial charge in [-0.25, -0.2) is 0 Å². The summed E-state index contributed by atoms with van der Waals surface area (Å²) in [4.78, 5) is 30.5. The van der Waals surface area contributed by atoms with E-state index in [0.29, 0.717) is 19.7 Å². The molecular weight excluding hydrogens is 464 g/mol. The van der Waals surface area contributed by atoms with E-state index in [1.54, 1.807) is 0 Å². The molecule has 2 heterocycles. The van der Waals surface area contributed by atoms with Crippen LogP contribution in [0.15, 0.2) is 42.5 Å². The third-order valence-corrected chi connectivity index (χ3v) is 7.97. The molecule has 2 aromatic rings. The Kier molecular flexibility index (Phi) is 9.25. The molecule has 2 aliphatic heterocycles. The van der Waals surface area contributed by atoms with E-state index in [-0.39, 0.29) is 24.4 Å².